The monoisotopic (exact) mass is 798 g/mol. The van der Waals surface area contributed by atoms with Gasteiger partial charge in [-0.3, -0.25) is 9.97 Å². The number of pyridine rings is 2. The maximum atomic E-state index is 6.00. The number of rotatable bonds is 7. The normalized spacial score (nSPS) is 10.3. The SMILES string of the molecule is Cc1cccc(C)c1-n1cnc(-c2[c-]c(Oc3[c-]c(Oc4ccccn4)ccc3)ccc2)c1.[AlH][O]c1cccc2cccnc12.[Pt+2]. The smallest absolute Gasteiger partial charge is 0.649 e. The van der Waals surface area contributed by atoms with E-state index in [0.29, 0.717) is 23.1 Å². The minimum Gasteiger partial charge on any atom is -0.649 e. The number of aromatic nitrogens is 4. The first-order valence-corrected chi connectivity index (χ1v) is 14.8. The quantitative estimate of drug-likeness (QED) is 0.120. The van der Waals surface area contributed by atoms with Gasteiger partial charge in [-0.15, -0.1) is 35.9 Å². The first-order valence-electron chi connectivity index (χ1n) is 14.3. The van der Waals surface area contributed by atoms with Crippen molar-refractivity contribution in [3.05, 3.63) is 151 Å². The van der Waals surface area contributed by atoms with Crippen molar-refractivity contribution in [3.8, 4) is 45.8 Å². The summed E-state index contributed by atoms with van der Waals surface area (Å²) in [7, 11) is 0. The summed E-state index contributed by atoms with van der Waals surface area (Å²) in [4.78, 5) is 13.0. The van der Waals surface area contributed by atoms with E-state index < -0.39 is 0 Å². The Morgan fingerprint density at radius 3 is 2.09 bits per heavy atom. The summed E-state index contributed by atoms with van der Waals surface area (Å²) in [5.74, 6) is 2.96. The predicted molar refractivity (Wildman–Crippen MR) is 176 cm³/mol. The molecule has 7 nitrogen and oxygen atoms in total. The number of ether oxygens (including phenoxy) is 2. The Bertz CT molecular complexity index is 2030. The zero-order valence-corrected chi connectivity index (χ0v) is 28.8. The molecule has 0 saturated heterocycles. The first kappa shape index (κ1) is 32.7. The summed E-state index contributed by atoms with van der Waals surface area (Å²) in [6, 6.07) is 39.2. The van der Waals surface area contributed by atoms with Gasteiger partial charge in [-0.1, -0.05) is 54.6 Å². The van der Waals surface area contributed by atoms with Gasteiger partial charge in [0.05, 0.1) is 12.0 Å². The van der Waals surface area contributed by atoms with Gasteiger partial charge in [0.15, 0.2) is 0 Å². The van der Waals surface area contributed by atoms with Crippen LogP contribution in [-0.2, 0) is 21.1 Å². The molecule has 0 aliphatic rings. The van der Waals surface area contributed by atoms with Crippen LogP contribution in [0.3, 0.4) is 0 Å². The molecule has 4 aromatic carbocycles. The van der Waals surface area contributed by atoms with E-state index in [-0.39, 0.29) is 21.1 Å². The third-order valence-corrected chi connectivity index (χ3v) is 7.20. The molecule has 0 atom stereocenters. The Kier molecular flexibility index (Phi) is 11.0. The van der Waals surface area contributed by atoms with Crippen LogP contribution in [0, 0.1) is 26.0 Å². The molecular formula is C37H28AlN4O3Pt. The van der Waals surface area contributed by atoms with Crippen LogP contribution in [0.25, 0.3) is 27.8 Å². The van der Waals surface area contributed by atoms with Gasteiger partial charge in [-0.2, -0.15) is 6.07 Å². The summed E-state index contributed by atoms with van der Waals surface area (Å²) in [6.07, 6.45) is 7.29. The number of imidazole rings is 1. The molecule has 1 radical (unpaired) electrons. The van der Waals surface area contributed by atoms with E-state index in [2.05, 4.69) is 59.1 Å². The van der Waals surface area contributed by atoms with Crippen LogP contribution in [0.2, 0.25) is 0 Å². The fourth-order valence-electron chi connectivity index (χ4n) is 4.83. The van der Waals surface area contributed by atoms with E-state index in [9.17, 15) is 0 Å². The Hall–Kier alpha value is -4.73. The second kappa shape index (κ2) is 15.5. The molecule has 9 heteroatoms. The number of para-hydroxylation sites is 2. The Labute approximate surface area is 290 Å². The van der Waals surface area contributed by atoms with Gasteiger partial charge in [-0.25, -0.2) is 4.98 Å². The van der Waals surface area contributed by atoms with E-state index in [1.54, 1.807) is 18.5 Å². The standard InChI is InChI=1S/C28H21N3O2.C9H7NO.Al.Pt.H/c1-20-8-5-9-21(2)28(20)31-18-26(30-19-31)22-10-6-11-23(16-22)32-24-12-7-13-25(17-24)33-27-14-3-4-15-29-27;11-8-5-1-3-7-4-2-6-10-9(7)8;;;/h3-15,18-19H,1-2H3;1-6,11H;;;/q-2;;+1;+2;/p-1. The van der Waals surface area contributed by atoms with Crippen molar-refractivity contribution in [2.24, 2.45) is 0 Å². The van der Waals surface area contributed by atoms with Crippen molar-refractivity contribution < 1.29 is 34.3 Å². The van der Waals surface area contributed by atoms with E-state index >= 15 is 0 Å². The predicted octanol–water partition coefficient (Wildman–Crippen LogP) is 8.16. The van der Waals surface area contributed by atoms with Crippen molar-refractivity contribution in [1.82, 2.24) is 19.5 Å². The van der Waals surface area contributed by atoms with Crippen LogP contribution in [0.4, 0.5) is 0 Å². The number of aryl methyl sites for hydroxylation is 2. The molecule has 0 bridgehead atoms. The van der Waals surface area contributed by atoms with Crippen LogP contribution in [-0.4, -0.2) is 36.1 Å². The molecule has 0 amide bonds. The Balaban J connectivity index is 0.000000269. The van der Waals surface area contributed by atoms with Crippen LogP contribution in [0.1, 0.15) is 11.1 Å². The van der Waals surface area contributed by atoms with E-state index in [1.807, 2.05) is 96.0 Å². The molecule has 0 spiro atoms. The van der Waals surface area contributed by atoms with Gasteiger partial charge in [-0.05, 0) is 49.4 Å². The topological polar surface area (TPSA) is 71.3 Å². The van der Waals surface area contributed by atoms with Gasteiger partial charge in [0.25, 0.3) is 0 Å². The molecule has 3 heterocycles. The minimum atomic E-state index is 0. The van der Waals surface area contributed by atoms with Crippen LogP contribution in [0.15, 0.2) is 128 Å². The zero-order chi connectivity index (χ0) is 31.0. The molecule has 227 valence electrons. The van der Waals surface area contributed by atoms with Crippen molar-refractivity contribution in [1.29, 1.82) is 0 Å². The van der Waals surface area contributed by atoms with Crippen LogP contribution < -0.4 is 13.3 Å². The second-order valence-corrected chi connectivity index (χ2v) is 10.4. The fourth-order valence-corrected chi connectivity index (χ4v) is 5.06. The average molecular weight is 799 g/mol. The molecule has 0 fully saturated rings. The Morgan fingerprint density at radius 1 is 0.652 bits per heavy atom. The average Bonchev–Trinajstić information content (AvgIpc) is 3.55. The van der Waals surface area contributed by atoms with E-state index in [4.69, 9.17) is 13.3 Å². The minimum absolute atomic E-state index is 0. The number of hydrogen-bond donors (Lipinski definition) is 0. The van der Waals surface area contributed by atoms with Crippen LogP contribution in [0.5, 0.6) is 28.9 Å². The van der Waals surface area contributed by atoms with Crippen molar-refractivity contribution in [2.45, 2.75) is 13.8 Å². The summed E-state index contributed by atoms with van der Waals surface area (Å²) in [5, 5.41) is 1.11. The van der Waals surface area contributed by atoms with Crippen molar-refractivity contribution >= 4 is 27.5 Å². The molecule has 0 unspecified atom stereocenters. The summed E-state index contributed by atoms with van der Waals surface area (Å²) >= 11 is 1.47. The molecule has 0 saturated carbocycles. The van der Waals surface area contributed by atoms with Crippen molar-refractivity contribution in [3.63, 3.8) is 0 Å². The van der Waals surface area contributed by atoms with E-state index in [0.717, 1.165) is 33.6 Å². The molecule has 7 rings (SSSR count). The van der Waals surface area contributed by atoms with Gasteiger partial charge in [0.1, 0.15) is 11.3 Å². The number of fused-ring (bicyclic) bond motifs is 1. The van der Waals surface area contributed by atoms with Crippen molar-refractivity contribution in [2.75, 3.05) is 0 Å². The van der Waals surface area contributed by atoms with Gasteiger partial charge in [0.2, 0.25) is 5.88 Å². The zero-order valence-electron chi connectivity index (χ0n) is 25.2. The molecule has 0 aliphatic heterocycles. The second-order valence-electron chi connectivity index (χ2n) is 10.1. The number of benzene rings is 4. The maximum absolute atomic E-state index is 6.00. The number of nitrogens with zero attached hydrogens (tertiary/aromatic N) is 4. The molecular weight excluding hydrogens is 770 g/mol. The molecule has 3 aromatic heterocycles. The largest absolute Gasteiger partial charge is 2.00 e. The molecule has 0 aliphatic carbocycles. The van der Waals surface area contributed by atoms with Crippen LogP contribution >= 0.6 is 0 Å². The molecule has 7 aromatic rings. The third-order valence-electron chi connectivity index (χ3n) is 6.89. The molecule has 0 N–H and O–H groups in total. The summed E-state index contributed by atoms with van der Waals surface area (Å²) in [6.45, 7) is 4.20. The fraction of sp³-hybridized carbons (Fsp3) is 0.0541. The third kappa shape index (κ3) is 7.91. The maximum Gasteiger partial charge on any atom is 2.00 e. The van der Waals surface area contributed by atoms with E-state index in [1.165, 1.54) is 27.8 Å². The Morgan fingerprint density at radius 2 is 1.33 bits per heavy atom. The molecule has 46 heavy (non-hydrogen) atoms. The number of hydrogen-bond acceptors (Lipinski definition) is 6. The van der Waals surface area contributed by atoms with Gasteiger partial charge in [0, 0.05) is 46.8 Å². The summed E-state index contributed by atoms with van der Waals surface area (Å²) in [5.41, 5.74) is 6.13. The van der Waals surface area contributed by atoms with Gasteiger partial charge >= 0.3 is 37.7 Å². The van der Waals surface area contributed by atoms with Gasteiger partial charge < -0.3 is 17.8 Å². The summed E-state index contributed by atoms with van der Waals surface area (Å²) < 4.78 is 19.0. The first-order chi connectivity index (χ1) is 22.1.